The summed E-state index contributed by atoms with van der Waals surface area (Å²) < 4.78 is 0. The van der Waals surface area contributed by atoms with Crippen LogP contribution in [-0.4, -0.2) is 15.8 Å². The van der Waals surface area contributed by atoms with Crippen LogP contribution in [0.2, 0.25) is 0 Å². The minimum atomic E-state index is 0.176. The lowest BCUT2D eigenvalue weighted by atomic mass is 9.91. The molecule has 1 aliphatic carbocycles. The fraction of sp³-hybridized carbons (Fsp3) is 0.267. The van der Waals surface area contributed by atoms with E-state index in [-0.39, 0.29) is 5.78 Å². The zero-order valence-electron chi connectivity index (χ0n) is 10.3. The Bertz CT molecular complexity index is 605. The highest BCUT2D eigenvalue weighted by atomic mass is 16.1. The Kier molecular flexibility index (Phi) is 2.67. The number of hydrogen-bond acceptors (Lipinski definition) is 3. The first-order valence-corrected chi connectivity index (χ1v) is 6.22. The van der Waals surface area contributed by atoms with E-state index in [0.29, 0.717) is 6.42 Å². The minimum Gasteiger partial charge on any atom is -0.294 e. The summed E-state index contributed by atoms with van der Waals surface area (Å²) in [7, 11) is 0. The molecule has 2 aromatic rings. The second-order valence-corrected chi connectivity index (χ2v) is 4.58. The molecular formula is C15H14N2O. The molecule has 0 saturated heterocycles. The molecule has 0 spiro atoms. The van der Waals surface area contributed by atoms with Gasteiger partial charge in [0.1, 0.15) is 5.82 Å². The maximum Gasteiger partial charge on any atom is 0.166 e. The van der Waals surface area contributed by atoms with Crippen molar-refractivity contribution in [3.8, 4) is 11.3 Å². The normalized spacial score (nSPS) is 14.4. The Morgan fingerprint density at radius 3 is 2.61 bits per heavy atom. The molecule has 0 unspecified atom stereocenters. The van der Waals surface area contributed by atoms with Crippen molar-refractivity contribution in [1.29, 1.82) is 0 Å². The molecule has 0 radical (unpaired) electrons. The van der Waals surface area contributed by atoms with Crippen LogP contribution in [0.1, 0.15) is 34.7 Å². The molecule has 1 aliphatic rings. The molecule has 0 saturated carbocycles. The van der Waals surface area contributed by atoms with Crippen LogP contribution in [0.4, 0.5) is 0 Å². The summed E-state index contributed by atoms with van der Waals surface area (Å²) in [5, 5.41) is 0. The van der Waals surface area contributed by atoms with Gasteiger partial charge in [0.05, 0.1) is 17.0 Å². The molecule has 0 bridgehead atoms. The monoisotopic (exact) mass is 238 g/mol. The number of nitrogens with zero attached hydrogens (tertiary/aromatic N) is 2. The van der Waals surface area contributed by atoms with Crippen molar-refractivity contribution in [2.45, 2.75) is 26.2 Å². The fourth-order valence-electron chi connectivity index (χ4n) is 2.45. The van der Waals surface area contributed by atoms with Crippen molar-refractivity contribution in [2.24, 2.45) is 0 Å². The van der Waals surface area contributed by atoms with E-state index in [1.165, 1.54) is 0 Å². The molecule has 18 heavy (non-hydrogen) atoms. The number of hydrogen-bond donors (Lipinski definition) is 0. The largest absolute Gasteiger partial charge is 0.294 e. The number of rotatable bonds is 1. The lowest BCUT2D eigenvalue weighted by molar-refractivity contribution is 0.0972. The van der Waals surface area contributed by atoms with Gasteiger partial charge in [-0.2, -0.15) is 0 Å². The van der Waals surface area contributed by atoms with Gasteiger partial charge in [0.2, 0.25) is 0 Å². The molecule has 3 nitrogen and oxygen atoms in total. The molecule has 3 heteroatoms. The lowest BCUT2D eigenvalue weighted by Crippen LogP contribution is -2.16. The summed E-state index contributed by atoms with van der Waals surface area (Å²) in [6, 6.07) is 9.87. The van der Waals surface area contributed by atoms with Gasteiger partial charge in [0, 0.05) is 12.0 Å². The maximum absolute atomic E-state index is 12.1. The molecule has 0 atom stereocenters. The maximum atomic E-state index is 12.1. The molecule has 0 aliphatic heterocycles. The third-order valence-corrected chi connectivity index (χ3v) is 3.24. The number of benzene rings is 1. The van der Waals surface area contributed by atoms with E-state index in [1.54, 1.807) is 0 Å². The Hall–Kier alpha value is -2.03. The van der Waals surface area contributed by atoms with Gasteiger partial charge in [-0.1, -0.05) is 30.3 Å². The quantitative estimate of drug-likeness (QED) is 0.767. The third kappa shape index (κ3) is 1.82. The van der Waals surface area contributed by atoms with Crippen LogP contribution in [0.5, 0.6) is 0 Å². The van der Waals surface area contributed by atoms with Gasteiger partial charge in [-0.3, -0.25) is 4.79 Å². The first-order valence-electron chi connectivity index (χ1n) is 6.22. The highest BCUT2D eigenvalue weighted by Crippen LogP contribution is 2.29. The van der Waals surface area contributed by atoms with Crippen LogP contribution in [0, 0.1) is 6.92 Å². The van der Waals surface area contributed by atoms with Crippen LogP contribution in [0.25, 0.3) is 11.3 Å². The Labute approximate surface area is 106 Å². The number of aromatic nitrogens is 2. The molecule has 0 N–H and O–H groups in total. The van der Waals surface area contributed by atoms with E-state index in [4.69, 9.17) is 0 Å². The van der Waals surface area contributed by atoms with E-state index in [9.17, 15) is 4.79 Å². The fourth-order valence-corrected chi connectivity index (χ4v) is 2.45. The summed E-state index contributed by atoms with van der Waals surface area (Å²) in [6.07, 6.45) is 2.39. The third-order valence-electron chi connectivity index (χ3n) is 3.24. The predicted molar refractivity (Wildman–Crippen MR) is 69.5 cm³/mol. The minimum absolute atomic E-state index is 0.176. The Morgan fingerprint density at radius 1 is 1.06 bits per heavy atom. The van der Waals surface area contributed by atoms with Crippen LogP contribution >= 0.6 is 0 Å². The van der Waals surface area contributed by atoms with Gasteiger partial charge in [-0.05, 0) is 19.8 Å². The Morgan fingerprint density at radius 2 is 1.83 bits per heavy atom. The van der Waals surface area contributed by atoms with Crippen molar-refractivity contribution in [2.75, 3.05) is 0 Å². The number of carbonyl (C=O) groups excluding carboxylic acids is 1. The van der Waals surface area contributed by atoms with Crippen molar-refractivity contribution < 1.29 is 4.79 Å². The summed E-state index contributed by atoms with van der Waals surface area (Å²) in [5.74, 6) is 0.914. The van der Waals surface area contributed by atoms with Gasteiger partial charge >= 0.3 is 0 Å². The van der Waals surface area contributed by atoms with Gasteiger partial charge in [-0.25, -0.2) is 9.97 Å². The van der Waals surface area contributed by atoms with E-state index >= 15 is 0 Å². The zero-order valence-corrected chi connectivity index (χ0v) is 10.3. The van der Waals surface area contributed by atoms with Gasteiger partial charge in [-0.15, -0.1) is 0 Å². The van der Waals surface area contributed by atoms with Gasteiger partial charge < -0.3 is 0 Å². The molecule has 0 fully saturated rings. The van der Waals surface area contributed by atoms with E-state index in [2.05, 4.69) is 9.97 Å². The molecule has 1 aromatic carbocycles. The second-order valence-electron chi connectivity index (χ2n) is 4.58. The molecule has 1 heterocycles. The summed E-state index contributed by atoms with van der Waals surface area (Å²) >= 11 is 0. The Balaban J connectivity index is 2.26. The first kappa shape index (κ1) is 11.1. The molecule has 90 valence electrons. The lowest BCUT2D eigenvalue weighted by Gasteiger charge is -2.17. The van der Waals surface area contributed by atoms with E-state index < -0.39 is 0 Å². The summed E-state index contributed by atoms with van der Waals surface area (Å²) in [4.78, 5) is 21.0. The highest BCUT2D eigenvalue weighted by Gasteiger charge is 2.24. The van der Waals surface area contributed by atoms with Crippen molar-refractivity contribution in [3.63, 3.8) is 0 Å². The van der Waals surface area contributed by atoms with E-state index in [0.717, 1.165) is 41.2 Å². The van der Waals surface area contributed by atoms with Gasteiger partial charge in [0.15, 0.2) is 5.78 Å². The number of aryl methyl sites for hydroxylation is 2. The average Bonchev–Trinajstić information content (AvgIpc) is 2.39. The van der Waals surface area contributed by atoms with Crippen molar-refractivity contribution in [1.82, 2.24) is 9.97 Å². The summed E-state index contributed by atoms with van der Waals surface area (Å²) in [6.45, 7) is 1.88. The van der Waals surface area contributed by atoms with Crippen molar-refractivity contribution in [3.05, 3.63) is 47.4 Å². The van der Waals surface area contributed by atoms with Crippen LogP contribution in [0.15, 0.2) is 30.3 Å². The number of ketones is 1. The molecule has 3 rings (SSSR count). The number of fused-ring (bicyclic) bond motifs is 1. The van der Waals surface area contributed by atoms with Gasteiger partial charge in [0.25, 0.3) is 0 Å². The molecule has 0 amide bonds. The molecular weight excluding hydrogens is 224 g/mol. The number of carbonyl (C=O) groups is 1. The van der Waals surface area contributed by atoms with Crippen molar-refractivity contribution >= 4 is 5.78 Å². The zero-order chi connectivity index (χ0) is 12.5. The average molecular weight is 238 g/mol. The second kappa shape index (κ2) is 4.33. The van der Waals surface area contributed by atoms with Crippen LogP contribution < -0.4 is 0 Å². The summed E-state index contributed by atoms with van der Waals surface area (Å²) in [5.41, 5.74) is 3.44. The van der Waals surface area contributed by atoms with E-state index in [1.807, 2.05) is 37.3 Å². The molecule has 1 aromatic heterocycles. The highest BCUT2D eigenvalue weighted by molar-refractivity contribution is 6.03. The smallest absolute Gasteiger partial charge is 0.166 e. The van der Waals surface area contributed by atoms with Crippen LogP contribution in [0.3, 0.4) is 0 Å². The SMILES string of the molecule is Cc1nc2c(c(-c3ccccc3)n1)C(=O)CCC2. The first-order chi connectivity index (χ1) is 8.75. The number of Topliss-reactive ketones (excluding diaryl/α,β-unsaturated/α-hetero) is 1. The predicted octanol–water partition coefficient (Wildman–Crippen LogP) is 2.97. The van der Waals surface area contributed by atoms with Crippen LogP contribution in [-0.2, 0) is 6.42 Å². The standard InChI is InChI=1S/C15H14N2O/c1-10-16-12-8-5-9-13(18)14(12)15(17-10)11-6-3-2-4-7-11/h2-4,6-7H,5,8-9H2,1H3. The topological polar surface area (TPSA) is 42.9 Å².